The maximum absolute atomic E-state index is 12.7. The largest absolute Gasteiger partial charge is 0.356 e. The molecule has 0 saturated heterocycles. The second-order valence-electron chi connectivity index (χ2n) is 5.27. The highest BCUT2D eigenvalue weighted by molar-refractivity contribution is 7.71. The van der Waals surface area contributed by atoms with E-state index in [-0.39, 0.29) is 5.56 Å². The van der Waals surface area contributed by atoms with Gasteiger partial charge in [-0.05, 0) is 60.1 Å². The highest BCUT2D eigenvalue weighted by Gasteiger charge is 2.08. The van der Waals surface area contributed by atoms with Crippen LogP contribution in [0.25, 0.3) is 15.9 Å². The van der Waals surface area contributed by atoms with Crippen LogP contribution in [-0.2, 0) is 0 Å². The molecule has 0 aliphatic rings. The molecule has 0 fully saturated rings. The maximum Gasteiger partial charge on any atom is 0.276 e. The molecule has 2 N–H and O–H groups in total. The molecular formula is C18H13N3OS2. The van der Waals surface area contributed by atoms with E-state index in [0.717, 1.165) is 22.6 Å². The van der Waals surface area contributed by atoms with Crippen molar-refractivity contribution in [3.05, 3.63) is 81.2 Å². The number of hydrogen-bond donors (Lipinski definition) is 2. The molecule has 0 saturated carbocycles. The van der Waals surface area contributed by atoms with Gasteiger partial charge in [-0.2, -0.15) is 0 Å². The quantitative estimate of drug-likeness (QED) is 0.519. The number of thiophene rings is 1. The maximum atomic E-state index is 12.7. The van der Waals surface area contributed by atoms with Gasteiger partial charge >= 0.3 is 0 Å². The molecule has 0 bridgehead atoms. The predicted octanol–water partition coefficient (Wildman–Crippen LogP) is 4.85. The first-order valence-electron chi connectivity index (χ1n) is 7.37. The van der Waals surface area contributed by atoms with Gasteiger partial charge in [0.05, 0.1) is 11.2 Å². The zero-order chi connectivity index (χ0) is 16.5. The summed E-state index contributed by atoms with van der Waals surface area (Å²) in [6.07, 6.45) is 0. The van der Waals surface area contributed by atoms with Gasteiger partial charge in [0.1, 0.15) is 4.70 Å². The van der Waals surface area contributed by atoms with E-state index in [4.69, 9.17) is 12.2 Å². The molecule has 4 nitrogen and oxygen atoms in total. The molecule has 0 atom stereocenters. The van der Waals surface area contributed by atoms with Crippen molar-refractivity contribution in [1.82, 2.24) is 9.55 Å². The molecule has 0 unspecified atom stereocenters. The molecule has 0 radical (unpaired) electrons. The lowest BCUT2D eigenvalue weighted by atomic mass is 10.2. The summed E-state index contributed by atoms with van der Waals surface area (Å²) in [4.78, 5) is 15.8. The van der Waals surface area contributed by atoms with Crippen molar-refractivity contribution in [1.29, 1.82) is 0 Å². The fourth-order valence-electron chi connectivity index (χ4n) is 2.55. The lowest BCUT2D eigenvalue weighted by Gasteiger charge is -2.09. The topological polar surface area (TPSA) is 49.8 Å². The number of anilines is 2. The van der Waals surface area contributed by atoms with Crippen LogP contribution in [0.2, 0.25) is 0 Å². The van der Waals surface area contributed by atoms with Crippen LogP contribution in [0, 0.1) is 4.77 Å². The Hall–Kier alpha value is -2.70. The van der Waals surface area contributed by atoms with Crippen molar-refractivity contribution >= 4 is 45.1 Å². The highest BCUT2D eigenvalue weighted by atomic mass is 32.1. The van der Waals surface area contributed by atoms with Crippen LogP contribution in [0.15, 0.2) is 70.8 Å². The fraction of sp³-hybridized carbons (Fsp3) is 0. The summed E-state index contributed by atoms with van der Waals surface area (Å²) in [6, 6.07) is 19.4. The predicted molar refractivity (Wildman–Crippen MR) is 102 cm³/mol. The summed E-state index contributed by atoms with van der Waals surface area (Å²) in [5.41, 5.74) is 3.40. The average Bonchev–Trinajstić information content (AvgIpc) is 3.06. The van der Waals surface area contributed by atoms with Gasteiger partial charge in [-0.25, -0.2) is 0 Å². The Labute approximate surface area is 147 Å². The minimum absolute atomic E-state index is 0.0903. The molecule has 0 spiro atoms. The third-order valence-electron chi connectivity index (χ3n) is 3.70. The summed E-state index contributed by atoms with van der Waals surface area (Å²) in [7, 11) is 0. The molecule has 4 aromatic rings. The number of aromatic amines is 1. The van der Waals surface area contributed by atoms with E-state index in [1.807, 2.05) is 66.0 Å². The molecule has 0 aliphatic carbocycles. The molecule has 2 heterocycles. The van der Waals surface area contributed by atoms with E-state index in [2.05, 4.69) is 10.3 Å². The van der Waals surface area contributed by atoms with Gasteiger partial charge in [-0.3, -0.25) is 9.36 Å². The van der Waals surface area contributed by atoms with Crippen molar-refractivity contribution in [3.8, 4) is 5.69 Å². The highest BCUT2D eigenvalue weighted by Crippen LogP contribution is 2.19. The first kappa shape index (κ1) is 14.9. The number of benzene rings is 2. The van der Waals surface area contributed by atoms with Crippen LogP contribution in [0.4, 0.5) is 11.4 Å². The Morgan fingerprint density at radius 2 is 1.67 bits per heavy atom. The minimum Gasteiger partial charge on any atom is -0.356 e. The van der Waals surface area contributed by atoms with Crippen LogP contribution in [0.5, 0.6) is 0 Å². The Kier molecular flexibility index (Phi) is 3.76. The van der Waals surface area contributed by atoms with E-state index < -0.39 is 0 Å². The summed E-state index contributed by atoms with van der Waals surface area (Å²) in [5, 5.41) is 5.20. The second-order valence-corrected chi connectivity index (χ2v) is 6.57. The monoisotopic (exact) mass is 351 g/mol. The van der Waals surface area contributed by atoms with Crippen LogP contribution in [0.1, 0.15) is 0 Å². The summed E-state index contributed by atoms with van der Waals surface area (Å²) in [5.74, 6) is 0. The molecule has 0 amide bonds. The minimum atomic E-state index is -0.0903. The van der Waals surface area contributed by atoms with Crippen molar-refractivity contribution in [2.45, 2.75) is 0 Å². The number of H-pyrrole nitrogens is 1. The Bertz CT molecular complexity index is 1110. The van der Waals surface area contributed by atoms with Gasteiger partial charge in [-0.1, -0.05) is 18.2 Å². The number of para-hydroxylation sites is 1. The Morgan fingerprint density at radius 3 is 2.42 bits per heavy atom. The molecule has 2 aromatic carbocycles. The average molecular weight is 351 g/mol. The fourth-order valence-corrected chi connectivity index (χ4v) is 3.63. The van der Waals surface area contributed by atoms with Gasteiger partial charge in [0.2, 0.25) is 0 Å². The molecule has 6 heteroatoms. The molecule has 4 rings (SSSR count). The lowest BCUT2D eigenvalue weighted by Crippen LogP contribution is -2.19. The van der Waals surface area contributed by atoms with Gasteiger partial charge in [0.15, 0.2) is 4.77 Å². The van der Waals surface area contributed by atoms with Crippen molar-refractivity contribution in [3.63, 3.8) is 0 Å². The SMILES string of the molecule is O=c1c2sccc2[nH]c(=S)n1-c1ccc(Nc2ccccc2)cc1. The van der Waals surface area contributed by atoms with E-state index in [1.54, 1.807) is 0 Å². The van der Waals surface area contributed by atoms with E-state index in [1.165, 1.54) is 15.9 Å². The Balaban J connectivity index is 1.73. The number of aromatic nitrogens is 2. The third kappa shape index (κ3) is 2.66. The van der Waals surface area contributed by atoms with Crippen molar-refractivity contribution in [2.75, 3.05) is 5.32 Å². The van der Waals surface area contributed by atoms with Gasteiger partial charge in [-0.15, -0.1) is 11.3 Å². The molecular weight excluding hydrogens is 338 g/mol. The van der Waals surface area contributed by atoms with E-state index in [9.17, 15) is 4.79 Å². The smallest absolute Gasteiger partial charge is 0.276 e. The molecule has 24 heavy (non-hydrogen) atoms. The summed E-state index contributed by atoms with van der Waals surface area (Å²) < 4.78 is 2.60. The van der Waals surface area contributed by atoms with Crippen LogP contribution >= 0.6 is 23.6 Å². The first-order chi connectivity index (χ1) is 11.7. The van der Waals surface area contributed by atoms with E-state index in [0.29, 0.717) is 9.47 Å². The summed E-state index contributed by atoms with van der Waals surface area (Å²) >= 11 is 6.76. The Morgan fingerprint density at radius 1 is 0.958 bits per heavy atom. The zero-order valence-electron chi connectivity index (χ0n) is 12.5. The third-order valence-corrected chi connectivity index (χ3v) is 4.88. The molecule has 118 valence electrons. The number of rotatable bonds is 3. The van der Waals surface area contributed by atoms with Gasteiger partial charge in [0, 0.05) is 11.4 Å². The number of hydrogen-bond acceptors (Lipinski definition) is 4. The summed E-state index contributed by atoms with van der Waals surface area (Å²) in [6.45, 7) is 0. The van der Waals surface area contributed by atoms with Crippen LogP contribution in [0.3, 0.4) is 0 Å². The van der Waals surface area contributed by atoms with Crippen LogP contribution in [-0.4, -0.2) is 9.55 Å². The standard InChI is InChI=1S/C18H13N3OS2/c22-17-16-15(10-11-24-16)20-18(23)21(17)14-8-6-13(7-9-14)19-12-4-2-1-3-5-12/h1-11,19H,(H,20,23). The van der Waals surface area contributed by atoms with Crippen molar-refractivity contribution < 1.29 is 0 Å². The van der Waals surface area contributed by atoms with E-state index >= 15 is 0 Å². The molecule has 2 aromatic heterocycles. The second kappa shape index (κ2) is 6.07. The van der Waals surface area contributed by atoms with Gasteiger partial charge in [0.25, 0.3) is 5.56 Å². The zero-order valence-corrected chi connectivity index (χ0v) is 14.2. The van der Waals surface area contributed by atoms with Gasteiger partial charge < -0.3 is 10.3 Å². The lowest BCUT2D eigenvalue weighted by molar-refractivity contribution is 0.944. The molecule has 0 aliphatic heterocycles. The number of nitrogens with one attached hydrogen (secondary N) is 2. The van der Waals surface area contributed by atoms with Crippen LogP contribution < -0.4 is 10.9 Å². The first-order valence-corrected chi connectivity index (χ1v) is 8.66. The number of fused-ring (bicyclic) bond motifs is 1. The normalized spacial score (nSPS) is 10.8. The van der Waals surface area contributed by atoms with Crippen molar-refractivity contribution in [2.24, 2.45) is 0 Å². The number of nitrogens with zero attached hydrogens (tertiary/aromatic N) is 1.